The summed E-state index contributed by atoms with van der Waals surface area (Å²) in [6, 6.07) is 6.43. The summed E-state index contributed by atoms with van der Waals surface area (Å²) < 4.78 is 37.3. The molecule has 0 N–H and O–H groups in total. The molecule has 0 spiro atoms. The van der Waals surface area contributed by atoms with E-state index in [2.05, 4.69) is 10.1 Å². The van der Waals surface area contributed by atoms with E-state index in [0.29, 0.717) is 56.4 Å². The van der Waals surface area contributed by atoms with Gasteiger partial charge in [-0.3, -0.25) is 4.79 Å². The number of aryl methyl sites for hydroxylation is 1. The van der Waals surface area contributed by atoms with Gasteiger partial charge in [-0.1, -0.05) is 5.16 Å². The fraction of sp³-hybridized carbons (Fsp3) is 0.526. The van der Waals surface area contributed by atoms with E-state index in [9.17, 15) is 13.2 Å². The van der Waals surface area contributed by atoms with Crippen LogP contribution in [0.15, 0.2) is 33.7 Å². The van der Waals surface area contributed by atoms with Crippen LogP contribution >= 0.6 is 0 Å². The third-order valence-electron chi connectivity index (χ3n) is 5.20. The summed E-state index contributed by atoms with van der Waals surface area (Å²) in [4.78, 5) is 18.6. The number of rotatable bonds is 6. The predicted molar refractivity (Wildman–Crippen MR) is 103 cm³/mol. The number of carbonyl (C=O) groups is 1. The molecule has 0 unspecified atom stereocenters. The summed E-state index contributed by atoms with van der Waals surface area (Å²) in [5.74, 6) is 0.890. The number of nitrogens with zero attached hydrogens (tertiary/aromatic N) is 4. The Morgan fingerprint density at radius 2 is 1.72 bits per heavy atom. The molecule has 0 saturated carbocycles. The first-order valence-electron chi connectivity index (χ1n) is 9.83. The van der Waals surface area contributed by atoms with Crippen LogP contribution in [-0.2, 0) is 26.0 Å². The van der Waals surface area contributed by atoms with Gasteiger partial charge in [0.25, 0.3) is 0 Å². The molecule has 2 aromatic rings. The fourth-order valence-corrected chi connectivity index (χ4v) is 4.93. The van der Waals surface area contributed by atoms with Gasteiger partial charge in [-0.25, -0.2) is 8.42 Å². The lowest BCUT2D eigenvalue weighted by molar-refractivity contribution is -0.130. The van der Waals surface area contributed by atoms with Crippen molar-refractivity contribution in [3.05, 3.63) is 30.2 Å². The average Bonchev–Trinajstić information content (AvgIpc) is 3.45. The van der Waals surface area contributed by atoms with E-state index in [1.54, 1.807) is 24.3 Å². The van der Waals surface area contributed by atoms with Crippen LogP contribution in [0.1, 0.15) is 25.2 Å². The van der Waals surface area contributed by atoms with Gasteiger partial charge in [-0.05, 0) is 37.1 Å². The van der Waals surface area contributed by atoms with Crippen LogP contribution in [0.4, 0.5) is 0 Å². The smallest absolute Gasteiger partial charge is 0.243 e. The minimum atomic E-state index is -3.54. The molecule has 0 atom stereocenters. The van der Waals surface area contributed by atoms with E-state index in [1.807, 2.05) is 4.90 Å². The molecule has 0 aliphatic carbocycles. The van der Waals surface area contributed by atoms with Crippen molar-refractivity contribution in [3.8, 4) is 11.4 Å². The van der Waals surface area contributed by atoms with Crippen molar-refractivity contribution in [2.45, 2.75) is 30.6 Å². The highest BCUT2D eigenvalue weighted by atomic mass is 32.2. The van der Waals surface area contributed by atoms with Gasteiger partial charge >= 0.3 is 0 Å². The average molecular weight is 420 g/mol. The maximum Gasteiger partial charge on any atom is 0.243 e. The van der Waals surface area contributed by atoms with E-state index in [1.165, 1.54) is 4.31 Å². The molecule has 1 aromatic carbocycles. The molecule has 2 aliphatic heterocycles. The van der Waals surface area contributed by atoms with Crippen molar-refractivity contribution in [1.82, 2.24) is 19.3 Å². The number of sulfonamides is 1. The lowest BCUT2D eigenvalue weighted by Crippen LogP contribution is -2.40. The van der Waals surface area contributed by atoms with Crippen molar-refractivity contribution < 1.29 is 22.5 Å². The first-order chi connectivity index (χ1) is 14.0. The van der Waals surface area contributed by atoms with E-state index >= 15 is 0 Å². The quantitative estimate of drug-likeness (QED) is 0.694. The van der Waals surface area contributed by atoms with Crippen molar-refractivity contribution in [3.63, 3.8) is 0 Å². The Balaban J connectivity index is 1.39. The van der Waals surface area contributed by atoms with Crippen LogP contribution in [0.25, 0.3) is 11.4 Å². The molecule has 10 heteroatoms. The third-order valence-corrected chi connectivity index (χ3v) is 7.11. The standard InChI is InChI=1S/C19H24N4O5S/c24-18(22-9-1-2-10-22)8-7-17-20-19(21-28-17)15-3-5-16(6-4-15)29(25,26)23-11-13-27-14-12-23/h3-6H,1-2,7-14H2. The Kier molecular flexibility index (Phi) is 5.93. The van der Waals surface area contributed by atoms with Crippen LogP contribution in [-0.4, -0.2) is 73.1 Å². The minimum absolute atomic E-state index is 0.111. The SMILES string of the molecule is O=C(CCc1nc(-c2ccc(S(=O)(=O)N3CCOCC3)cc2)no1)N1CCCC1. The van der Waals surface area contributed by atoms with Gasteiger partial charge in [0.15, 0.2) is 0 Å². The highest BCUT2D eigenvalue weighted by Gasteiger charge is 2.26. The zero-order valence-electron chi connectivity index (χ0n) is 16.1. The molecular formula is C19H24N4O5S. The zero-order valence-corrected chi connectivity index (χ0v) is 16.9. The molecule has 29 heavy (non-hydrogen) atoms. The molecule has 2 saturated heterocycles. The third kappa shape index (κ3) is 4.49. The normalized spacial score (nSPS) is 18.3. The number of ether oxygens (including phenoxy) is 1. The Labute approximate surface area is 169 Å². The van der Waals surface area contributed by atoms with Crippen LogP contribution in [0.5, 0.6) is 0 Å². The summed E-state index contributed by atoms with van der Waals surface area (Å²) in [5.41, 5.74) is 0.659. The summed E-state index contributed by atoms with van der Waals surface area (Å²) in [6.45, 7) is 3.18. The number of benzene rings is 1. The van der Waals surface area contributed by atoms with Crippen LogP contribution in [0, 0.1) is 0 Å². The highest BCUT2D eigenvalue weighted by molar-refractivity contribution is 7.89. The largest absolute Gasteiger partial charge is 0.379 e. The second-order valence-corrected chi connectivity index (χ2v) is 9.08. The molecule has 9 nitrogen and oxygen atoms in total. The molecule has 2 fully saturated rings. The summed E-state index contributed by atoms with van der Waals surface area (Å²) in [5, 5.41) is 3.96. The number of carbonyl (C=O) groups excluding carboxylic acids is 1. The molecule has 4 rings (SSSR count). The van der Waals surface area contributed by atoms with Gasteiger partial charge in [0.05, 0.1) is 18.1 Å². The highest BCUT2D eigenvalue weighted by Crippen LogP contribution is 2.22. The number of hydrogen-bond donors (Lipinski definition) is 0. The Morgan fingerprint density at radius 3 is 2.41 bits per heavy atom. The van der Waals surface area contributed by atoms with Gasteiger partial charge in [0.2, 0.25) is 27.6 Å². The van der Waals surface area contributed by atoms with E-state index in [0.717, 1.165) is 25.9 Å². The molecule has 156 valence electrons. The van der Waals surface area contributed by atoms with Gasteiger partial charge < -0.3 is 14.2 Å². The van der Waals surface area contributed by atoms with Crippen LogP contribution in [0.3, 0.4) is 0 Å². The van der Waals surface area contributed by atoms with Crippen LogP contribution < -0.4 is 0 Å². The second-order valence-electron chi connectivity index (χ2n) is 7.14. The van der Waals surface area contributed by atoms with E-state index < -0.39 is 10.0 Å². The summed E-state index contributed by atoms with van der Waals surface area (Å²) >= 11 is 0. The maximum absolute atomic E-state index is 12.7. The lowest BCUT2D eigenvalue weighted by atomic mass is 10.2. The van der Waals surface area contributed by atoms with Crippen LogP contribution in [0.2, 0.25) is 0 Å². The Bertz CT molecular complexity index is 945. The molecule has 2 aliphatic rings. The molecule has 1 amide bonds. The molecular weight excluding hydrogens is 396 g/mol. The summed E-state index contributed by atoms with van der Waals surface area (Å²) in [6.07, 6.45) is 2.87. The van der Waals surface area contributed by atoms with Gasteiger partial charge in [0.1, 0.15) is 0 Å². The first-order valence-corrected chi connectivity index (χ1v) is 11.3. The van der Waals surface area contributed by atoms with E-state index in [-0.39, 0.29) is 10.8 Å². The number of hydrogen-bond acceptors (Lipinski definition) is 7. The number of morpholine rings is 1. The Hall–Kier alpha value is -2.30. The second kappa shape index (κ2) is 8.60. The number of amides is 1. The van der Waals surface area contributed by atoms with Crippen molar-refractivity contribution in [1.29, 1.82) is 0 Å². The van der Waals surface area contributed by atoms with Gasteiger partial charge in [-0.15, -0.1) is 0 Å². The molecule has 0 bridgehead atoms. The number of likely N-dealkylation sites (tertiary alicyclic amines) is 1. The minimum Gasteiger partial charge on any atom is -0.379 e. The predicted octanol–water partition coefficient (Wildman–Crippen LogP) is 1.31. The van der Waals surface area contributed by atoms with Gasteiger partial charge in [-0.2, -0.15) is 9.29 Å². The molecule has 1 aromatic heterocycles. The van der Waals surface area contributed by atoms with Gasteiger partial charge in [0, 0.05) is 44.6 Å². The summed E-state index contributed by atoms with van der Waals surface area (Å²) in [7, 11) is -3.54. The topological polar surface area (TPSA) is 106 Å². The molecule has 3 heterocycles. The molecule has 0 radical (unpaired) electrons. The van der Waals surface area contributed by atoms with E-state index in [4.69, 9.17) is 9.26 Å². The van der Waals surface area contributed by atoms with Crippen molar-refractivity contribution >= 4 is 15.9 Å². The zero-order chi connectivity index (χ0) is 20.3. The Morgan fingerprint density at radius 1 is 1.03 bits per heavy atom. The van der Waals surface area contributed by atoms with Crippen molar-refractivity contribution in [2.75, 3.05) is 39.4 Å². The first kappa shape index (κ1) is 20.0. The fourth-order valence-electron chi connectivity index (χ4n) is 3.52. The number of aromatic nitrogens is 2. The lowest BCUT2D eigenvalue weighted by Gasteiger charge is -2.26. The maximum atomic E-state index is 12.7. The monoisotopic (exact) mass is 420 g/mol. The van der Waals surface area contributed by atoms with Crippen molar-refractivity contribution in [2.24, 2.45) is 0 Å².